The Hall–Kier alpha value is -3.48. The molecule has 1 amide bonds. The Morgan fingerprint density at radius 3 is 1.62 bits per heavy atom. The van der Waals surface area contributed by atoms with Crippen molar-refractivity contribution in [1.82, 2.24) is 5.32 Å². The summed E-state index contributed by atoms with van der Waals surface area (Å²) < 4.78 is 11.8. The fraction of sp³-hybridized carbons (Fsp3) is 0.286. The number of ether oxygens (including phenoxy) is 2. The van der Waals surface area contributed by atoms with Gasteiger partial charge < -0.3 is 20.5 Å². The highest BCUT2D eigenvalue weighted by atomic mass is 16.5. The van der Waals surface area contributed by atoms with E-state index in [9.17, 15) is 9.59 Å². The molecule has 0 radical (unpaired) electrons. The van der Waals surface area contributed by atoms with Crippen molar-refractivity contribution in [3.8, 4) is 0 Å². The van der Waals surface area contributed by atoms with Gasteiger partial charge >= 0.3 is 5.97 Å². The lowest BCUT2D eigenvalue weighted by Gasteiger charge is -2.39. The van der Waals surface area contributed by atoms with Gasteiger partial charge in [0.1, 0.15) is 5.60 Å². The predicted molar refractivity (Wildman–Crippen MR) is 132 cm³/mol. The molecule has 34 heavy (non-hydrogen) atoms. The molecule has 178 valence electrons. The van der Waals surface area contributed by atoms with Crippen molar-refractivity contribution in [2.75, 3.05) is 7.11 Å². The standard InChI is InChI=1S/C28H32N2O4/c1-4-24(29)26(31)30-25(27(32)33-3)20(2)34-28(21-14-8-5-9-15-21,22-16-10-6-11-17-22)23-18-12-7-13-19-23/h5-20,24-25H,4,29H2,1-3H3,(H,30,31)/t20-,24?,25+/m1/s1. The Morgan fingerprint density at radius 1 is 0.853 bits per heavy atom. The molecule has 3 N–H and O–H groups in total. The Balaban J connectivity index is 2.14. The third kappa shape index (κ3) is 5.35. The summed E-state index contributed by atoms with van der Waals surface area (Å²) in [4.78, 5) is 25.3. The molecule has 0 spiro atoms. The molecule has 0 aliphatic rings. The number of hydrogen-bond acceptors (Lipinski definition) is 5. The number of esters is 1. The summed E-state index contributed by atoms with van der Waals surface area (Å²) >= 11 is 0. The Labute approximate surface area is 201 Å². The van der Waals surface area contributed by atoms with E-state index in [1.54, 1.807) is 6.92 Å². The second-order valence-corrected chi connectivity index (χ2v) is 8.13. The van der Waals surface area contributed by atoms with Gasteiger partial charge in [-0.3, -0.25) is 4.79 Å². The normalized spacial score (nSPS) is 14.0. The lowest BCUT2D eigenvalue weighted by molar-refractivity contribution is -0.153. The van der Waals surface area contributed by atoms with Gasteiger partial charge in [0.2, 0.25) is 5.91 Å². The Kier molecular flexibility index (Phi) is 8.57. The van der Waals surface area contributed by atoms with Crippen molar-refractivity contribution in [2.45, 2.75) is 44.1 Å². The summed E-state index contributed by atoms with van der Waals surface area (Å²) in [6, 6.07) is 27.7. The maximum Gasteiger partial charge on any atom is 0.331 e. The quantitative estimate of drug-likeness (QED) is 0.355. The SMILES string of the molecule is CCC(N)C(=O)N[C@H](C(=O)OC)[C@@H](C)OC(c1ccccc1)(c1ccccc1)c1ccccc1. The van der Waals surface area contributed by atoms with Crippen LogP contribution in [0.3, 0.4) is 0 Å². The second-order valence-electron chi connectivity index (χ2n) is 8.13. The number of rotatable bonds is 10. The predicted octanol–water partition coefficient (Wildman–Crippen LogP) is 3.78. The van der Waals surface area contributed by atoms with Crippen LogP contribution >= 0.6 is 0 Å². The lowest BCUT2D eigenvalue weighted by Crippen LogP contribution is -2.55. The molecular weight excluding hydrogens is 428 g/mol. The van der Waals surface area contributed by atoms with Gasteiger partial charge in [0, 0.05) is 0 Å². The molecule has 0 bridgehead atoms. The van der Waals surface area contributed by atoms with Gasteiger partial charge in [-0.05, 0) is 30.0 Å². The first kappa shape index (κ1) is 25.1. The first-order valence-corrected chi connectivity index (χ1v) is 11.4. The van der Waals surface area contributed by atoms with Crippen LogP contribution in [-0.4, -0.2) is 37.2 Å². The number of nitrogens with one attached hydrogen (secondary N) is 1. The number of hydrogen-bond donors (Lipinski definition) is 2. The molecule has 0 saturated heterocycles. The number of methoxy groups -OCH3 is 1. The lowest BCUT2D eigenvalue weighted by atomic mass is 9.79. The van der Waals surface area contributed by atoms with E-state index in [4.69, 9.17) is 15.2 Å². The average Bonchev–Trinajstić information content (AvgIpc) is 2.90. The van der Waals surface area contributed by atoms with E-state index in [1.165, 1.54) is 7.11 Å². The maximum atomic E-state index is 12.7. The molecule has 3 aromatic rings. The number of amides is 1. The van der Waals surface area contributed by atoms with Gasteiger partial charge in [-0.2, -0.15) is 0 Å². The third-order valence-corrected chi connectivity index (χ3v) is 5.90. The highest BCUT2D eigenvalue weighted by Crippen LogP contribution is 2.41. The van der Waals surface area contributed by atoms with Crippen LogP contribution in [0.25, 0.3) is 0 Å². The molecule has 3 atom stereocenters. The van der Waals surface area contributed by atoms with Crippen LogP contribution in [0.2, 0.25) is 0 Å². The molecule has 3 aromatic carbocycles. The Bertz CT molecular complexity index is 961. The van der Waals surface area contributed by atoms with Crippen LogP contribution in [0.4, 0.5) is 0 Å². The highest BCUT2D eigenvalue weighted by Gasteiger charge is 2.42. The largest absolute Gasteiger partial charge is 0.467 e. The van der Waals surface area contributed by atoms with Crippen molar-refractivity contribution in [1.29, 1.82) is 0 Å². The molecule has 1 unspecified atom stereocenters. The molecule has 0 heterocycles. The second kappa shape index (κ2) is 11.6. The summed E-state index contributed by atoms with van der Waals surface area (Å²) in [6.07, 6.45) is -0.321. The summed E-state index contributed by atoms with van der Waals surface area (Å²) in [5.41, 5.74) is 7.52. The first-order valence-electron chi connectivity index (χ1n) is 11.4. The number of carbonyl (C=O) groups is 2. The number of nitrogens with two attached hydrogens (primary N) is 1. The fourth-order valence-corrected chi connectivity index (χ4v) is 4.01. The van der Waals surface area contributed by atoms with E-state index >= 15 is 0 Å². The van der Waals surface area contributed by atoms with Gasteiger partial charge in [-0.15, -0.1) is 0 Å². The zero-order chi connectivity index (χ0) is 24.6. The van der Waals surface area contributed by atoms with E-state index in [0.717, 1.165) is 16.7 Å². The maximum absolute atomic E-state index is 12.7. The van der Waals surface area contributed by atoms with Crippen molar-refractivity contribution in [2.24, 2.45) is 5.73 Å². The molecule has 0 aromatic heterocycles. The molecule has 6 heteroatoms. The van der Waals surface area contributed by atoms with E-state index in [0.29, 0.717) is 6.42 Å². The van der Waals surface area contributed by atoms with Crippen LogP contribution < -0.4 is 11.1 Å². The molecule has 6 nitrogen and oxygen atoms in total. The van der Waals surface area contributed by atoms with E-state index in [2.05, 4.69) is 5.32 Å². The van der Waals surface area contributed by atoms with Crippen molar-refractivity contribution in [3.05, 3.63) is 108 Å². The minimum atomic E-state index is -1.05. The zero-order valence-corrected chi connectivity index (χ0v) is 19.8. The first-order chi connectivity index (χ1) is 16.4. The summed E-state index contributed by atoms with van der Waals surface area (Å²) in [5, 5.41) is 2.73. The summed E-state index contributed by atoms with van der Waals surface area (Å²) in [7, 11) is 1.28. The highest BCUT2D eigenvalue weighted by molar-refractivity contribution is 5.87. The van der Waals surface area contributed by atoms with E-state index in [1.807, 2.05) is 97.9 Å². The number of benzene rings is 3. The van der Waals surface area contributed by atoms with E-state index < -0.39 is 35.7 Å². The third-order valence-electron chi connectivity index (χ3n) is 5.90. The monoisotopic (exact) mass is 460 g/mol. The van der Waals surface area contributed by atoms with Crippen LogP contribution in [0.15, 0.2) is 91.0 Å². The van der Waals surface area contributed by atoms with E-state index in [-0.39, 0.29) is 0 Å². The average molecular weight is 461 g/mol. The minimum absolute atomic E-state index is 0.432. The summed E-state index contributed by atoms with van der Waals surface area (Å²) in [6.45, 7) is 3.56. The molecule has 0 fully saturated rings. The van der Waals surface area contributed by atoms with Gasteiger partial charge in [0.25, 0.3) is 0 Å². The smallest absolute Gasteiger partial charge is 0.331 e. The van der Waals surface area contributed by atoms with Crippen LogP contribution in [-0.2, 0) is 24.7 Å². The van der Waals surface area contributed by atoms with Gasteiger partial charge in [-0.25, -0.2) is 4.79 Å². The summed E-state index contributed by atoms with van der Waals surface area (Å²) in [5.74, 6) is -1.04. The van der Waals surface area contributed by atoms with Gasteiger partial charge in [-0.1, -0.05) is 97.9 Å². The molecule has 3 rings (SSSR count). The van der Waals surface area contributed by atoms with Gasteiger partial charge in [0.05, 0.1) is 19.3 Å². The van der Waals surface area contributed by atoms with Crippen molar-refractivity contribution < 1.29 is 19.1 Å². The zero-order valence-electron chi connectivity index (χ0n) is 19.8. The van der Waals surface area contributed by atoms with Crippen molar-refractivity contribution in [3.63, 3.8) is 0 Å². The van der Waals surface area contributed by atoms with Crippen LogP contribution in [0.1, 0.15) is 37.0 Å². The molecule has 0 aliphatic carbocycles. The molecule has 0 aliphatic heterocycles. The molecular formula is C28H32N2O4. The topological polar surface area (TPSA) is 90.7 Å². The number of carbonyl (C=O) groups excluding carboxylic acids is 2. The fourth-order valence-electron chi connectivity index (χ4n) is 4.01. The Morgan fingerprint density at radius 2 is 1.26 bits per heavy atom. The van der Waals surface area contributed by atoms with Gasteiger partial charge in [0.15, 0.2) is 6.04 Å². The van der Waals surface area contributed by atoms with Crippen LogP contribution in [0.5, 0.6) is 0 Å². The molecule has 0 saturated carbocycles. The minimum Gasteiger partial charge on any atom is -0.467 e. The van der Waals surface area contributed by atoms with Crippen molar-refractivity contribution >= 4 is 11.9 Å². The van der Waals surface area contributed by atoms with Crippen LogP contribution in [0, 0.1) is 0 Å².